The zero-order chi connectivity index (χ0) is 13.4. The second kappa shape index (κ2) is 4.49. The number of carbonyl (C=O) groups excluding carboxylic acids is 2. The van der Waals surface area contributed by atoms with Crippen molar-refractivity contribution >= 4 is 29.0 Å². The van der Waals surface area contributed by atoms with Crippen LogP contribution in [0, 0.1) is 11.6 Å². The van der Waals surface area contributed by atoms with Crippen molar-refractivity contribution in [3.63, 3.8) is 0 Å². The number of Topliss-reactive ketones (excluding diaryl/α,β-unsaturated/α-hetero) is 1. The average molecular weight is 272 g/mol. The maximum atomic E-state index is 13.7. The molecule has 0 atom stereocenters. The van der Waals surface area contributed by atoms with E-state index >= 15 is 0 Å². The number of carbonyl (C=O) groups is 2. The van der Waals surface area contributed by atoms with Crippen molar-refractivity contribution in [2.45, 2.75) is 0 Å². The van der Waals surface area contributed by atoms with E-state index in [0.717, 1.165) is 11.0 Å². The van der Waals surface area contributed by atoms with Gasteiger partial charge in [-0.25, -0.2) is 8.78 Å². The van der Waals surface area contributed by atoms with Gasteiger partial charge >= 0.3 is 0 Å². The molecule has 1 aliphatic heterocycles. The Morgan fingerprint density at radius 3 is 2.61 bits per heavy atom. The number of ketones is 1. The van der Waals surface area contributed by atoms with Crippen molar-refractivity contribution in [3.05, 3.63) is 41.5 Å². The summed E-state index contributed by atoms with van der Waals surface area (Å²) in [6.45, 7) is 3.52. The van der Waals surface area contributed by atoms with E-state index in [0.29, 0.717) is 11.6 Å². The van der Waals surface area contributed by atoms with Crippen molar-refractivity contribution in [1.29, 1.82) is 0 Å². The molecule has 0 saturated heterocycles. The lowest BCUT2D eigenvalue weighted by molar-refractivity contribution is -0.114. The predicted molar refractivity (Wildman–Crippen MR) is 62.9 cm³/mol. The van der Waals surface area contributed by atoms with Crippen LogP contribution in [0.2, 0.25) is 0 Å². The quantitative estimate of drug-likeness (QED) is 0.480. The molecular formula is C12H8ClF2NO2. The Balaban J connectivity index is 2.51. The second-order valence-corrected chi connectivity index (χ2v) is 4.16. The molecule has 1 heterocycles. The molecule has 0 aliphatic carbocycles. The van der Waals surface area contributed by atoms with Crippen LogP contribution in [0.4, 0.5) is 14.5 Å². The summed E-state index contributed by atoms with van der Waals surface area (Å²) in [5, 5.41) is 0. The first-order valence-corrected chi connectivity index (χ1v) is 5.57. The summed E-state index contributed by atoms with van der Waals surface area (Å²) in [6.07, 6.45) is 0. The van der Waals surface area contributed by atoms with Gasteiger partial charge in [-0.3, -0.25) is 14.5 Å². The number of amides is 1. The zero-order valence-corrected chi connectivity index (χ0v) is 9.93. The van der Waals surface area contributed by atoms with Gasteiger partial charge in [-0.05, 0) is 11.6 Å². The van der Waals surface area contributed by atoms with Crippen molar-refractivity contribution in [2.24, 2.45) is 0 Å². The number of rotatable bonds is 3. The molecule has 1 aliphatic rings. The van der Waals surface area contributed by atoms with Gasteiger partial charge in [-0.15, -0.1) is 11.6 Å². The first kappa shape index (κ1) is 12.7. The number of fused-ring (bicyclic) bond motifs is 1. The third kappa shape index (κ3) is 1.90. The third-order valence-corrected chi connectivity index (χ3v) is 2.93. The van der Waals surface area contributed by atoms with Crippen LogP contribution in [0.5, 0.6) is 0 Å². The molecule has 2 rings (SSSR count). The number of hydrogen-bond acceptors (Lipinski definition) is 2. The van der Waals surface area contributed by atoms with E-state index in [1.165, 1.54) is 0 Å². The summed E-state index contributed by atoms with van der Waals surface area (Å²) >= 11 is 5.53. The Hall–Kier alpha value is -1.75. The Bertz CT molecular complexity index is 571. The van der Waals surface area contributed by atoms with Gasteiger partial charge in [-0.2, -0.15) is 0 Å². The van der Waals surface area contributed by atoms with E-state index in [4.69, 9.17) is 11.6 Å². The lowest BCUT2D eigenvalue weighted by Crippen LogP contribution is -2.32. The SMILES string of the molecule is C=C(CCl)CN1C(=O)C(=O)c2cc(F)cc(F)c21. The fourth-order valence-corrected chi connectivity index (χ4v) is 1.85. The fraction of sp³-hybridized carbons (Fsp3) is 0.167. The Morgan fingerprint density at radius 2 is 2.00 bits per heavy atom. The Labute approximate surface area is 107 Å². The highest BCUT2D eigenvalue weighted by Gasteiger charge is 2.38. The van der Waals surface area contributed by atoms with E-state index in [-0.39, 0.29) is 23.7 Å². The molecule has 1 amide bonds. The van der Waals surface area contributed by atoms with E-state index in [9.17, 15) is 18.4 Å². The van der Waals surface area contributed by atoms with Gasteiger partial charge in [0.25, 0.3) is 11.7 Å². The molecule has 0 fully saturated rings. The second-order valence-electron chi connectivity index (χ2n) is 3.89. The number of hydrogen-bond donors (Lipinski definition) is 0. The molecule has 1 aromatic carbocycles. The van der Waals surface area contributed by atoms with E-state index in [1.54, 1.807) is 0 Å². The van der Waals surface area contributed by atoms with Crippen LogP contribution in [-0.2, 0) is 4.79 Å². The van der Waals surface area contributed by atoms with Crippen LogP contribution in [-0.4, -0.2) is 24.1 Å². The molecule has 0 radical (unpaired) electrons. The van der Waals surface area contributed by atoms with Gasteiger partial charge < -0.3 is 0 Å². The number of benzene rings is 1. The molecule has 0 unspecified atom stereocenters. The van der Waals surface area contributed by atoms with Gasteiger partial charge in [0, 0.05) is 18.5 Å². The van der Waals surface area contributed by atoms with E-state index < -0.39 is 23.3 Å². The molecule has 6 heteroatoms. The first-order chi connectivity index (χ1) is 8.45. The van der Waals surface area contributed by atoms with Crippen molar-refractivity contribution in [2.75, 3.05) is 17.3 Å². The molecular weight excluding hydrogens is 264 g/mol. The number of halogens is 3. The molecule has 3 nitrogen and oxygen atoms in total. The van der Waals surface area contributed by atoms with Crippen LogP contribution in [0.15, 0.2) is 24.3 Å². The average Bonchev–Trinajstić information content (AvgIpc) is 2.54. The Morgan fingerprint density at radius 1 is 1.33 bits per heavy atom. The summed E-state index contributed by atoms with van der Waals surface area (Å²) in [6, 6.07) is 1.48. The van der Waals surface area contributed by atoms with Gasteiger partial charge in [0.2, 0.25) is 0 Å². The monoisotopic (exact) mass is 271 g/mol. The highest BCUT2D eigenvalue weighted by atomic mass is 35.5. The van der Waals surface area contributed by atoms with Gasteiger partial charge in [0.1, 0.15) is 5.82 Å². The molecule has 1 aromatic rings. The molecule has 0 saturated carbocycles. The number of alkyl halides is 1. The van der Waals surface area contributed by atoms with Gasteiger partial charge in [0.05, 0.1) is 11.3 Å². The maximum absolute atomic E-state index is 13.7. The summed E-state index contributed by atoms with van der Waals surface area (Å²) in [4.78, 5) is 24.2. The molecule has 0 bridgehead atoms. The fourth-order valence-electron chi connectivity index (χ4n) is 1.77. The predicted octanol–water partition coefficient (Wildman–Crippen LogP) is 2.29. The summed E-state index contributed by atoms with van der Waals surface area (Å²) < 4.78 is 26.7. The van der Waals surface area contributed by atoms with Crippen molar-refractivity contribution in [3.8, 4) is 0 Å². The highest BCUT2D eigenvalue weighted by molar-refractivity contribution is 6.52. The Kier molecular flexibility index (Phi) is 3.17. The number of anilines is 1. The van der Waals surface area contributed by atoms with E-state index in [2.05, 4.69) is 6.58 Å². The summed E-state index contributed by atoms with van der Waals surface area (Å²) in [5.41, 5.74) is -0.0214. The third-order valence-electron chi connectivity index (χ3n) is 2.55. The molecule has 0 aromatic heterocycles. The van der Waals surface area contributed by atoms with Crippen LogP contribution in [0.1, 0.15) is 10.4 Å². The van der Waals surface area contributed by atoms with Crippen LogP contribution in [0.3, 0.4) is 0 Å². The van der Waals surface area contributed by atoms with Crippen molar-refractivity contribution < 1.29 is 18.4 Å². The van der Waals surface area contributed by atoms with Crippen LogP contribution >= 0.6 is 11.6 Å². The summed E-state index contributed by atoms with van der Waals surface area (Å²) in [5.74, 6) is -3.60. The molecule has 0 spiro atoms. The zero-order valence-electron chi connectivity index (χ0n) is 9.17. The van der Waals surface area contributed by atoms with Crippen LogP contribution in [0.25, 0.3) is 0 Å². The minimum atomic E-state index is -0.952. The topological polar surface area (TPSA) is 37.4 Å². The lowest BCUT2D eigenvalue weighted by Gasteiger charge is -2.17. The normalized spacial score (nSPS) is 14.1. The largest absolute Gasteiger partial charge is 0.299 e. The summed E-state index contributed by atoms with van der Waals surface area (Å²) in [7, 11) is 0. The standard InChI is InChI=1S/C12H8ClF2NO2/c1-6(4-13)5-16-10-8(11(17)12(16)18)2-7(14)3-9(10)15/h2-3H,1,4-5H2. The molecule has 94 valence electrons. The molecule has 0 N–H and O–H groups in total. The van der Waals surface area contributed by atoms with Crippen LogP contribution < -0.4 is 4.90 Å². The smallest absolute Gasteiger partial charge is 0.298 e. The number of nitrogens with zero attached hydrogens (tertiary/aromatic N) is 1. The first-order valence-electron chi connectivity index (χ1n) is 5.03. The highest BCUT2D eigenvalue weighted by Crippen LogP contribution is 2.33. The van der Waals surface area contributed by atoms with Crippen molar-refractivity contribution in [1.82, 2.24) is 0 Å². The minimum Gasteiger partial charge on any atom is -0.298 e. The van der Waals surface area contributed by atoms with E-state index in [1.807, 2.05) is 0 Å². The van der Waals surface area contributed by atoms with Gasteiger partial charge in [0.15, 0.2) is 5.82 Å². The lowest BCUT2D eigenvalue weighted by atomic mass is 10.1. The minimum absolute atomic E-state index is 0.0658. The molecule has 18 heavy (non-hydrogen) atoms. The van der Waals surface area contributed by atoms with Gasteiger partial charge in [-0.1, -0.05) is 6.58 Å². The maximum Gasteiger partial charge on any atom is 0.299 e.